The molecule has 4 nitrogen and oxygen atoms in total. The summed E-state index contributed by atoms with van der Waals surface area (Å²) in [5.74, 6) is -0.251. The fourth-order valence-electron chi connectivity index (χ4n) is 1.44. The number of hydrogen-bond donors (Lipinski definition) is 1. The van der Waals surface area contributed by atoms with Crippen LogP contribution in [0.4, 0.5) is 0 Å². The van der Waals surface area contributed by atoms with Crippen molar-refractivity contribution in [3.63, 3.8) is 0 Å². The van der Waals surface area contributed by atoms with Crippen LogP contribution in [0.3, 0.4) is 0 Å². The van der Waals surface area contributed by atoms with Gasteiger partial charge < -0.3 is 9.84 Å². The van der Waals surface area contributed by atoms with Gasteiger partial charge in [0.25, 0.3) is 0 Å². The Labute approximate surface area is 72.5 Å². The van der Waals surface area contributed by atoms with Gasteiger partial charge in [0.15, 0.2) is 9.84 Å². The van der Waals surface area contributed by atoms with E-state index in [4.69, 9.17) is 4.74 Å². The number of ether oxygens (including phenoxy) is 1. The molecule has 1 fully saturated rings. The van der Waals surface area contributed by atoms with Gasteiger partial charge in [0.05, 0.1) is 11.5 Å². The van der Waals surface area contributed by atoms with Crippen molar-refractivity contribution in [2.45, 2.75) is 25.6 Å². The molecule has 1 N–H and O–H groups in total. The molecule has 2 atom stereocenters. The van der Waals surface area contributed by atoms with Crippen molar-refractivity contribution < 1.29 is 18.3 Å². The third kappa shape index (κ3) is 1.97. The molecular weight excluding hydrogens is 180 g/mol. The lowest BCUT2D eigenvalue weighted by molar-refractivity contribution is -0.0629. The van der Waals surface area contributed by atoms with E-state index in [1.807, 2.05) is 0 Å². The van der Waals surface area contributed by atoms with Crippen molar-refractivity contribution in [1.29, 1.82) is 0 Å². The molecule has 0 amide bonds. The molecule has 0 aromatic carbocycles. The molecule has 1 aliphatic heterocycles. The number of sulfone groups is 1. The van der Waals surface area contributed by atoms with Crippen LogP contribution in [0.2, 0.25) is 0 Å². The monoisotopic (exact) mass is 194 g/mol. The van der Waals surface area contributed by atoms with Crippen LogP contribution < -0.4 is 0 Å². The van der Waals surface area contributed by atoms with Gasteiger partial charge in [0.1, 0.15) is 11.7 Å². The zero-order valence-electron chi connectivity index (χ0n) is 7.28. The Morgan fingerprint density at radius 2 is 2.25 bits per heavy atom. The Morgan fingerprint density at radius 3 is 2.58 bits per heavy atom. The first-order valence-electron chi connectivity index (χ1n) is 3.92. The van der Waals surface area contributed by atoms with Gasteiger partial charge in [-0.05, 0) is 13.8 Å². The van der Waals surface area contributed by atoms with E-state index in [1.165, 1.54) is 6.92 Å². The number of rotatable bonds is 2. The predicted molar refractivity (Wildman–Crippen MR) is 44.7 cm³/mol. The van der Waals surface area contributed by atoms with E-state index >= 15 is 0 Å². The summed E-state index contributed by atoms with van der Waals surface area (Å²) in [5, 5.41) is 9.62. The topological polar surface area (TPSA) is 63.6 Å². The van der Waals surface area contributed by atoms with Crippen molar-refractivity contribution >= 4 is 9.84 Å². The Kier molecular flexibility index (Phi) is 2.47. The lowest BCUT2D eigenvalue weighted by atomic mass is 10.0. The summed E-state index contributed by atoms with van der Waals surface area (Å²) in [4.78, 5) is 0. The minimum Gasteiger partial charge on any atom is -0.386 e. The molecule has 0 aliphatic carbocycles. The molecule has 0 saturated carbocycles. The van der Waals surface area contributed by atoms with Crippen molar-refractivity contribution in [2.24, 2.45) is 0 Å². The molecule has 0 aromatic heterocycles. The van der Waals surface area contributed by atoms with Crippen LogP contribution in [0.25, 0.3) is 0 Å². The average molecular weight is 194 g/mol. The van der Waals surface area contributed by atoms with Crippen LogP contribution in [0.15, 0.2) is 0 Å². The molecule has 0 spiro atoms. The third-order valence-electron chi connectivity index (χ3n) is 1.98. The second-order valence-corrected chi connectivity index (χ2v) is 5.46. The summed E-state index contributed by atoms with van der Waals surface area (Å²) >= 11 is 0. The maximum absolute atomic E-state index is 11.1. The summed E-state index contributed by atoms with van der Waals surface area (Å²) in [6.45, 7) is 3.70. The first kappa shape index (κ1) is 9.95. The highest BCUT2D eigenvalue weighted by atomic mass is 32.2. The summed E-state index contributed by atoms with van der Waals surface area (Å²) in [6, 6.07) is 0. The smallest absolute Gasteiger partial charge is 0.155 e. The Hall–Kier alpha value is -0.130. The van der Waals surface area contributed by atoms with Crippen molar-refractivity contribution in [3.05, 3.63) is 0 Å². The van der Waals surface area contributed by atoms with E-state index in [0.29, 0.717) is 6.61 Å². The maximum Gasteiger partial charge on any atom is 0.155 e. The van der Waals surface area contributed by atoms with Gasteiger partial charge in [0.2, 0.25) is 0 Å². The van der Waals surface area contributed by atoms with Gasteiger partial charge in [-0.1, -0.05) is 0 Å². The fourth-order valence-corrected chi connectivity index (χ4v) is 3.55. The molecule has 0 radical (unpaired) electrons. The summed E-state index contributed by atoms with van der Waals surface area (Å²) in [6.07, 6.45) is -0.563. The van der Waals surface area contributed by atoms with Crippen molar-refractivity contribution in [1.82, 2.24) is 0 Å². The zero-order valence-corrected chi connectivity index (χ0v) is 8.10. The second-order valence-electron chi connectivity index (χ2n) is 3.36. The highest BCUT2D eigenvalue weighted by molar-refractivity contribution is 7.91. The predicted octanol–water partition coefficient (Wildman–Crippen LogP) is -0.429. The van der Waals surface area contributed by atoms with Crippen LogP contribution in [-0.4, -0.2) is 43.3 Å². The second kappa shape index (κ2) is 2.97. The lowest BCUT2D eigenvalue weighted by Gasteiger charge is -2.22. The minimum absolute atomic E-state index is 0.0617. The molecule has 1 heterocycles. The summed E-state index contributed by atoms with van der Waals surface area (Å²) in [5.41, 5.74) is -1.21. The molecule has 0 bridgehead atoms. The minimum atomic E-state index is -3.10. The molecule has 12 heavy (non-hydrogen) atoms. The van der Waals surface area contributed by atoms with Crippen LogP contribution >= 0.6 is 0 Å². The van der Waals surface area contributed by atoms with Crippen LogP contribution in [0.5, 0.6) is 0 Å². The zero-order chi connectivity index (χ0) is 9.41. The van der Waals surface area contributed by atoms with Gasteiger partial charge in [0, 0.05) is 6.61 Å². The van der Waals surface area contributed by atoms with E-state index in [9.17, 15) is 13.5 Å². The quantitative estimate of drug-likeness (QED) is 0.648. The van der Waals surface area contributed by atoms with Crippen LogP contribution in [0, 0.1) is 0 Å². The lowest BCUT2D eigenvalue weighted by Crippen LogP contribution is -2.39. The molecule has 0 aromatic rings. The van der Waals surface area contributed by atoms with E-state index in [0.717, 1.165) is 0 Å². The first-order valence-corrected chi connectivity index (χ1v) is 5.74. The van der Waals surface area contributed by atoms with E-state index in [1.54, 1.807) is 6.92 Å². The number of aliphatic hydroxyl groups is 1. The fraction of sp³-hybridized carbons (Fsp3) is 1.00. The Morgan fingerprint density at radius 1 is 1.67 bits per heavy atom. The van der Waals surface area contributed by atoms with Gasteiger partial charge in [-0.25, -0.2) is 8.42 Å². The molecule has 1 rings (SSSR count). The first-order chi connectivity index (χ1) is 5.37. The van der Waals surface area contributed by atoms with Gasteiger partial charge >= 0.3 is 0 Å². The van der Waals surface area contributed by atoms with Crippen LogP contribution in [0.1, 0.15) is 13.8 Å². The average Bonchev–Trinajstić information content (AvgIpc) is 2.01. The summed E-state index contributed by atoms with van der Waals surface area (Å²) in [7, 11) is -3.10. The third-order valence-corrected chi connectivity index (χ3v) is 3.81. The maximum atomic E-state index is 11.1. The highest BCUT2D eigenvalue weighted by Gasteiger charge is 2.46. The van der Waals surface area contributed by atoms with Crippen molar-refractivity contribution in [3.8, 4) is 0 Å². The van der Waals surface area contributed by atoms with E-state index in [2.05, 4.69) is 0 Å². The number of hydrogen-bond acceptors (Lipinski definition) is 4. The Bertz CT molecular complexity index is 255. The SMILES string of the molecule is CCO[C@H]1CS(=O)(=O)C[C@]1(C)O. The van der Waals surface area contributed by atoms with Crippen LogP contribution in [-0.2, 0) is 14.6 Å². The van der Waals surface area contributed by atoms with Gasteiger partial charge in [-0.2, -0.15) is 0 Å². The standard InChI is InChI=1S/C7H14O4S/c1-3-11-6-4-12(9,10)5-7(6,2)8/h6,8H,3-5H2,1-2H3/t6-,7-/m0/s1. The normalized spacial score (nSPS) is 40.1. The van der Waals surface area contributed by atoms with Gasteiger partial charge in [-0.15, -0.1) is 0 Å². The van der Waals surface area contributed by atoms with E-state index in [-0.39, 0.29) is 11.5 Å². The molecule has 1 saturated heterocycles. The Balaban J connectivity index is 2.78. The molecular formula is C7H14O4S. The largest absolute Gasteiger partial charge is 0.386 e. The molecule has 72 valence electrons. The van der Waals surface area contributed by atoms with Gasteiger partial charge in [-0.3, -0.25) is 0 Å². The molecule has 0 unspecified atom stereocenters. The molecule has 1 aliphatic rings. The summed E-state index contributed by atoms with van der Waals surface area (Å²) < 4.78 is 27.3. The van der Waals surface area contributed by atoms with Crippen molar-refractivity contribution in [2.75, 3.05) is 18.1 Å². The highest BCUT2D eigenvalue weighted by Crippen LogP contribution is 2.25. The molecule has 5 heteroatoms. The van der Waals surface area contributed by atoms with E-state index < -0.39 is 21.5 Å².